The summed E-state index contributed by atoms with van der Waals surface area (Å²) in [5.41, 5.74) is 0.246. The van der Waals surface area contributed by atoms with Crippen molar-refractivity contribution in [1.29, 1.82) is 0 Å². The van der Waals surface area contributed by atoms with E-state index < -0.39 is 18.5 Å². The lowest BCUT2D eigenvalue weighted by atomic mass is 10.2. The molecule has 1 aromatic carbocycles. The third-order valence-electron chi connectivity index (χ3n) is 3.56. The number of thioether (sulfide) groups is 1. The number of ether oxygens (including phenoxy) is 1. The molecule has 29 heavy (non-hydrogen) atoms. The van der Waals surface area contributed by atoms with E-state index in [9.17, 15) is 19.2 Å². The largest absolute Gasteiger partial charge is 0.467 e. The van der Waals surface area contributed by atoms with Crippen LogP contribution in [0, 0.1) is 0 Å². The molecule has 3 N–H and O–H groups in total. The second-order valence-corrected chi connectivity index (χ2v) is 6.68. The van der Waals surface area contributed by atoms with Crippen molar-refractivity contribution in [3.63, 3.8) is 0 Å². The Morgan fingerprint density at radius 2 is 1.79 bits per heavy atom. The monoisotopic (exact) mass is 419 g/mol. The molecule has 0 bridgehead atoms. The third kappa shape index (κ3) is 7.70. The molecule has 2 rings (SSSR count). The zero-order chi connectivity index (χ0) is 21.1. The van der Waals surface area contributed by atoms with Gasteiger partial charge < -0.3 is 25.1 Å². The lowest BCUT2D eigenvalue weighted by Crippen LogP contribution is -2.37. The number of benzene rings is 1. The fourth-order valence-corrected chi connectivity index (χ4v) is 2.95. The van der Waals surface area contributed by atoms with Crippen molar-refractivity contribution in [3.8, 4) is 0 Å². The summed E-state index contributed by atoms with van der Waals surface area (Å²) in [6, 6.07) is 10.1. The Morgan fingerprint density at radius 1 is 1.00 bits per heavy atom. The SMILES string of the molecule is CNC(=O)CNC(=O)COC(=O)c1ccccc1SCC(=O)NCc1ccco1. The zero-order valence-electron chi connectivity index (χ0n) is 15.7. The number of esters is 1. The van der Waals surface area contributed by atoms with Crippen LogP contribution in [0.5, 0.6) is 0 Å². The molecule has 9 nitrogen and oxygen atoms in total. The maximum absolute atomic E-state index is 12.3. The highest BCUT2D eigenvalue weighted by Crippen LogP contribution is 2.23. The fourth-order valence-electron chi connectivity index (χ4n) is 2.08. The minimum absolute atomic E-state index is 0.0949. The predicted octanol–water partition coefficient (Wildman–Crippen LogP) is 0.707. The second-order valence-electron chi connectivity index (χ2n) is 5.67. The van der Waals surface area contributed by atoms with Gasteiger partial charge in [0.25, 0.3) is 5.91 Å². The molecule has 3 amide bonds. The van der Waals surface area contributed by atoms with Crippen LogP contribution in [0.1, 0.15) is 16.1 Å². The summed E-state index contributed by atoms with van der Waals surface area (Å²) < 4.78 is 10.1. The Bertz CT molecular complexity index is 853. The van der Waals surface area contributed by atoms with Crippen LogP contribution < -0.4 is 16.0 Å². The van der Waals surface area contributed by atoms with Crippen LogP contribution in [-0.4, -0.2) is 49.6 Å². The molecule has 0 aliphatic heterocycles. The standard InChI is InChI=1S/C19H21N3O6S/c1-20-16(23)10-22-17(24)11-28-19(26)14-6-2-3-7-15(14)29-12-18(25)21-9-13-5-4-8-27-13/h2-8H,9-12H2,1H3,(H,20,23)(H,21,25)(H,22,24). The number of likely N-dealkylation sites (N-methyl/N-ethyl adjacent to an activating group) is 1. The number of furan rings is 1. The van der Waals surface area contributed by atoms with Gasteiger partial charge in [0, 0.05) is 11.9 Å². The molecule has 0 spiro atoms. The van der Waals surface area contributed by atoms with Gasteiger partial charge in [0.15, 0.2) is 6.61 Å². The van der Waals surface area contributed by atoms with Crippen LogP contribution >= 0.6 is 11.8 Å². The van der Waals surface area contributed by atoms with Gasteiger partial charge in [0.05, 0.1) is 30.7 Å². The van der Waals surface area contributed by atoms with Gasteiger partial charge in [-0.25, -0.2) is 4.79 Å². The van der Waals surface area contributed by atoms with Gasteiger partial charge in [-0.2, -0.15) is 0 Å². The van der Waals surface area contributed by atoms with Crippen LogP contribution in [0.3, 0.4) is 0 Å². The molecule has 1 heterocycles. The molecule has 0 aliphatic rings. The number of carbonyl (C=O) groups is 4. The Labute approximate surface area is 171 Å². The van der Waals surface area contributed by atoms with Crippen molar-refractivity contribution in [3.05, 3.63) is 54.0 Å². The highest BCUT2D eigenvalue weighted by Gasteiger charge is 2.16. The van der Waals surface area contributed by atoms with E-state index in [0.29, 0.717) is 10.7 Å². The maximum atomic E-state index is 12.3. The first-order valence-corrected chi connectivity index (χ1v) is 9.63. The van der Waals surface area contributed by atoms with Crippen molar-refractivity contribution in [2.75, 3.05) is 26.0 Å². The van der Waals surface area contributed by atoms with Gasteiger partial charge >= 0.3 is 5.97 Å². The van der Waals surface area contributed by atoms with Gasteiger partial charge in [-0.15, -0.1) is 11.8 Å². The minimum Gasteiger partial charge on any atom is -0.467 e. The molecule has 0 atom stereocenters. The van der Waals surface area contributed by atoms with Crippen LogP contribution in [0.4, 0.5) is 0 Å². The second kappa shape index (κ2) is 11.5. The molecule has 10 heteroatoms. The normalized spacial score (nSPS) is 10.1. The molecule has 2 aromatic rings. The summed E-state index contributed by atoms with van der Waals surface area (Å²) in [5, 5.41) is 7.40. The van der Waals surface area contributed by atoms with E-state index >= 15 is 0 Å². The lowest BCUT2D eigenvalue weighted by Gasteiger charge is -2.10. The molecule has 0 unspecified atom stereocenters. The van der Waals surface area contributed by atoms with E-state index in [-0.39, 0.29) is 36.2 Å². The smallest absolute Gasteiger partial charge is 0.339 e. The van der Waals surface area contributed by atoms with Crippen LogP contribution in [-0.2, 0) is 25.7 Å². The summed E-state index contributed by atoms with van der Waals surface area (Å²) in [6.45, 7) is -0.438. The molecule has 0 aliphatic carbocycles. The molecule has 0 saturated carbocycles. The quantitative estimate of drug-likeness (QED) is 0.382. The summed E-state index contributed by atoms with van der Waals surface area (Å²) in [6.07, 6.45) is 1.52. The van der Waals surface area contributed by atoms with Crippen molar-refractivity contribution in [1.82, 2.24) is 16.0 Å². The molecular formula is C19H21N3O6S. The first-order chi connectivity index (χ1) is 14.0. The molecule has 154 valence electrons. The summed E-state index contributed by atoms with van der Waals surface area (Å²) >= 11 is 1.18. The number of rotatable bonds is 10. The van der Waals surface area contributed by atoms with Gasteiger partial charge in [-0.1, -0.05) is 12.1 Å². The van der Waals surface area contributed by atoms with Crippen molar-refractivity contribution in [2.45, 2.75) is 11.4 Å². The first kappa shape index (κ1) is 22.0. The molecule has 0 radical (unpaired) electrons. The van der Waals surface area contributed by atoms with E-state index in [0.717, 1.165) is 0 Å². The van der Waals surface area contributed by atoms with Gasteiger partial charge in [0.1, 0.15) is 5.76 Å². The van der Waals surface area contributed by atoms with E-state index in [1.54, 1.807) is 36.4 Å². The summed E-state index contributed by atoms with van der Waals surface area (Å²) in [5.74, 6) is -1.14. The number of amides is 3. The van der Waals surface area contributed by atoms with Crippen molar-refractivity contribution >= 4 is 35.5 Å². The van der Waals surface area contributed by atoms with Gasteiger partial charge in [0.2, 0.25) is 11.8 Å². The molecule has 1 aromatic heterocycles. The first-order valence-electron chi connectivity index (χ1n) is 8.65. The molecule has 0 fully saturated rings. The number of hydrogen-bond acceptors (Lipinski definition) is 7. The van der Waals surface area contributed by atoms with E-state index in [1.165, 1.54) is 25.1 Å². The van der Waals surface area contributed by atoms with E-state index in [1.807, 2.05) is 0 Å². The summed E-state index contributed by atoms with van der Waals surface area (Å²) in [4.78, 5) is 47.5. The van der Waals surface area contributed by atoms with Crippen molar-refractivity contribution in [2.24, 2.45) is 0 Å². The third-order valence-corrected chi connectivity index (χ3v) is 4.64. The topological polar surface area (TPSA) is 127 Å². The average molecular weight is 419 g/mol. The number of nitrogens with one attached hydrogen (secondary N) is 3. The Morgan fingerprint density at radius 3 is 2.52 bits per heavy atom. The van der Waals surface area contributed by atoms with E-state index in [4.69, 9.17) is 9.15 Å². The number of hydrogen-bond donors (Lipinski definition) is 3. The fraction of sp³-hybridized carbons (Fsp3) is 0.263. The maximum Gasteiger partial charge on any atom is 0.339 e. The Hall–Kier alpha value is -3.27. The van der Waals surface area contributed by atoms with E-state index in [2.05, 4.69) is 16.0 Å². The highest BCUT2D eigenvalue weighted by atomic mass is 32.2. The lowest BCUT2D eigenvalue weighted by molar-refractivity contribution is -0.127. The summed E-state index contributed by atoms with van der Waals surface area (Å²) in [7, 11) is 1.44. The average Bonchev–Trinajstić information content (AvgIpc) is 3.26. The highest BCUT2D eigenvalue weighted by molar-refractivity contribution is 8.00. The Kier molecular flexibility index (Phi) is 8.77. The zero-order valence-corrected chi connectivity index (χ0v) is 16.5. The van der Waals surface area contributed by atoms with Crippen LogP contribution in [0.15, 0.2) is 52.0 Å². The Balaban J connectivity index is 1.82. The molecular weight excluding hydrogens is 398 g/mol. The van der Waals surface area contributed by atoms with Gasteiger partial charge in [-0.3, -0.25) is 14.4 Å². The molecule has 0 saturated heterocycles. The van der Waals surface area contributed by atoms with Crippen LogP contribution in [0.25, 0.3) is 0 Å². The van der Waals surface area contributed by atoms with Gasteiger partial charge in [-0.05, 0) is 24.3 Å². The van der Waals surface area contributed by atoms with Crippen molar-refractivity contribution < 1.29 is 28.3 Å². The predicted molar refractivity (Wildman–Crippen MR) is 105 cm³/mol. The number of carbonyl (C=O) groups excluding carboxylic acids is 4. The van der Waals surface area contributed by atoms with Crippen LogP contribution in [0.2, 0.25) is 0 Å². The minimum atomic E-state index is -0.695.